The van der Waals surface area contributed by atoms with Crippen molar-refractivity contribution in [1.82, 2.24) is 5.48 Å². The van der Waals surface area contributed by atoms with Gasteiger partial charge >= 0.3 is 0 Å². The van der Waals surface area contributed by atoms with E-state index < -0.39 is 38.5 Å². The molecule has 0 bridgehead atoms. The molecule has 0 aliphatic carbocycles. The molecule has 2 rings (SSSR count). The second-order valence-electron chi connectivity index (χ2n) is 4.84. The lowest BCUT2D eigenvalue weighted by atomic mass is 10.0. The number of hydroxylamine groups is 1. The number of Topliss-reactive ketones (excluding diaryl/α,β-unsaturated/α-hetero) is 1. The summed E-state index contributed by atoms with van der Waals surface area (Å²) in [5.74, 6) is -2.42. The number of rotatable bonds is 8. The highest BCUT2D eigenvalue weighted by atomic mass is 32.2. The molecule has 0 unspecified atom stereocenters. The van der Waals surface area contributed by atoms with Crippen LogP contribution in [0.3, 0.4) is 0 Å². The zero-order valence-corrected chi connectivity index (χ0v) is 15.5. The summed E-state index contributed by atoms with van der Waals surface area (Å²) >= 11 is 1.17. The SMILES string of the molecule is N=C(N)NOS(=O)(=O)CC(=O)c1cccc(-c2ccsc2N[SH](=O)=O)c1. The quantitative estimate of drug-likeness (QED) is 0.134. The molecule has 0 aliphatic rings. The van der Waals surface area contributed by atoms with E-state index in [-0.39, 0.29) is 5.56 Å². The number of thiol groups is 1. The summed E-state index contributed by atoms with van der Waals surface area (Å²) in [4.78, 5) is 12.2. The van der Waals surface area contributed by atoms with Gasteiger partial charge in [0.1, 0.15) is 10.8 Å². The predicted octanol–water partition coefficient (Wildman–Crippen LogP) is 0.281. The monoisotopic (exact) mass is 418 g/mol. The van der Waals surface area contributed by atoms with Crippen molar-refractivity contribution in [2.75, 3.05) is 10.5 Å². The van der Waals surface area contributed by atoms with Crippen LogP contribution < -0.4 is 15.9 Å². The van der Waals surface area contributed by atoms with E-state index in [1.54, 1.807) is 29.1 Å². The van der Waals surface area contributed by atoms with E-state index in [0.717, 1.165) is 0 Å². The first-order valence-corrected chi connectivity index (χ1v) is 10.4. The fourth-order valence-corrected chi connectivity index (χ4v) is 4.09. The Balaban J connectivity index is 2.23. The van der Waals surface area contributed by atoms with Gasteiger partial charge in [0, 0.05) is 11.1 Å². The minimum atomic E-state index is -4.29. The van der Waals surface area contributed by atoms with Gasteiger partial charge in [0.15, 0.2) is 5.78 Å². The van der Waals surface area contributed by atoms with Gasteiger partial charge in [0.25, 0.3) is 10.1 Å². The number of benzene rings is 1. The van der Waals surface area contributed by atoms with E-state index in [2.05, 4.69) is 9.01 Å². The minimum absolute atomic E-state index is 0.0983. The Hall–Kier alpha value is -2.48. The average Bonchev–Trinajstić information content (AvgIpc) is 3.00. The fourth-order valence-electron chi connectivity index (χ4n) is 1.95. The van der Waals surface area contributed by atoms with Crippen molar-refractivity contribution in [2.45, 2.75) is 0 Å². The smallest absolute Gasteiger partial charge is 0.295 e. The fraction of sp³-hybridized carbons (Fsp3) is 0.0769. The first kappa shape index (κ1) is 19.8. The molecule has 1 heterocycles. The van der Waals surface area contributed by atoms with Gasteiger partial charge in [-0.2, -0.15) is 8.42 Å². The zero-order valence-electron chi connectivity index (χ0n) is 13.0. The highest BCUT2D eigenvalue weighted by Gasteiger charge is 2.20. The van der Waals surface area contributed by atoms with Crippen molar-refractivity contribution in [3.8, 4) is 11.1 Å². The van der Waals surface area contributed by atoms with Crippen LogP contribution in [0.25, 0.3) is 11.1 Å². The number of anilines is 1. The number of nitrogens with two attached hydrogens (primary N) is 1. The maximum atomic E-state index is 12.2. The number of hydrogen-bond acceptors (Lipinski definition) is 8. The largest absolute Gasteiger partial charge is 0.368 e. The molecule has 5 N–H and O–H groups in total. The molecule has 140 valence electrons. The lowest BCUT2D eigenvalue weighted by Crippen LogP contribution is -2.34. The molecule has 13 heteroatoms. The van der Waals surface area contributed by atoms with E-state index in [1.807, 2.05) is 0 Å². The van der Waals surface area contributed by atoms with Crippen molar-refractivity contribution < 1.29 is 25.9 Å². The van der Waals surface area contributed by atoms with Crippen LogP contribution in [0.15, 0.2) is 35.7 Å². The number of hydrogen-bond donors (Lipinski definition) is 5. The van der Waals surface area contributed by atoms with Crippen LogP contribution >= 0.6 is 11.3 Å². The number of ketones is 1. The maximum absolute atomic E-state index is 12.2. The van der Waals surface area contributed by atoms with Crippen LogP contribution in [0, 0.1) is 5.41 Å². The molecule has 10 nitrogen and oxygen atoms in total. The van der Waals surface area contributed by atoms with Crippen LogP contribution in [0.5, 0.6) is 0 Å². The number of carbonyl (C=O) groups excluding carboxylic acids is 1. The van der Waals surface area contributed by atoms with Gasteiger partial charge in [-0.05, 0) is 23.1 Å². The molecule has 1 aromatic carbocycles. The van der Waals surface area contributed by atoms with Gasteiger partial charge in [-0.25, -0.2) is 13.9 Å². The summed E-state index contributed by atoms with van der Waals surface area (Å²) in [6.45, 7) is 0. The molecule has 1 aromatic heterocycles. The second kappa shape index (κ2) is 8.27. The first-order valence-electron chi connectivity index (χ1n) is 6.81. The Morgan fingerprint density at radius 3 is 2.69 bits per heavy atom. The van der Waals surface area contributed by atoms with Crippen LogP contribution in [0.1, 0.15) is 10.4 Å². The molecule has 26 heavy (non-hydrogen) atoms. The third-order valence-electron chi connectivity index (χ3n) is 2.94. The van der Waals surface area contributed by atoms with Gasteiger partial charge in [0.2, 0.25) is 16.8 Å². The predicted molar refractivity (Wildman–Crippen MR) is 97.9 cm³/mol. The lowest BCUT2D eigenvalue weighted by molar-refractivity contribution is 0.101. The third kappa shape index (κ3) is 5.52. The second-order valence-corrected chi connectivity index (χ2v) is 8.06. The number of carbonyl (C=O) groups is 1. The highest BCUT2D eigenvalue weighted by Crippen LogP contribution is 2.33. The van der Waals surface area contributed by atoms with Crippen LogP contribution in [-0.2, 0) is 25.3 Å². The topological polar surface area (TPSA) is 169 Å². The summed E-state index contributed by atoms with van der Waals surface area (Å²) < 4.78 is 51.6. The molecule has 0 saturated carbocycles. The summed E-state index contributed by atoms with van der Waals surface area (Å²) in [6, 6.07) is 7.74. The highest BCUT2D eigenvalue weighted by molar-refractivity contribution is 7.87. The van der Waals surface area contributed by atoms with E-state index in [0.29, 0.717) is 16.1 Å². The van der Waals surface area contributed by atoms with Gasteiger partial charge < -0.3 is 5.73 Å². The Morgan fingerprint density at radius 2 is 2.04 bits per heavy atom. The van der Waals surface area contributed by atoms with Crippen molar-refractivity contribution in [3.63, 3.8) is 0 Å². The summed E-state index contributed by atoms with van der Waals surface area (Å²) in [5.41, 5.74) is 7.77. The molecular formula is C13H14N4O6S3. The van der Waals surface area contributed by atoms with Crippen LogP contribution in [0.4, 0.5) is 5.00 Å². The van der Waals surface area contributed by atoms with Crippen molar-refractivity contribution in [3.05, 3.63) is 41.3 Å². The Morgan fingerprint density at radius 1 is 1.31 bits per heavy atom. The molecule has 0 radical (unpaired) electrons. The Kier molecular flexibility index (Phi) is 6.31. The van der Waals surface area contributed by atoms with E-state index in [4.69, 9.17) is 11.1 Å². The molecule has 0 spiro atoms. The van der Waals surface area contributed by atoms with Gasteiger partial charge in [-0.3, -0.25) is 14.9 Å². The normalized spacial score (nSPS) is 11.3. The Labute approximate surface area is 154 Å². The standard InChI is InChI=1S/C13H14N4O6S3/c14-13(15)16-23-26(21,22)7-11(18)9-3-1-2-8(6-9)10-4-5-24-12(10)17-25(19)20/h1-6,25H,7H2,(H4,14,15,16)(H,17,19,20). The first-order chi connectivity index (χ1) is 12.2. The lowest BCUT2D eigenvalue weighted by Gasteiger charge is -2.07. The van der Waals surface area contributed by atoms with E-state index in [9.17, 15) is 21.6 Å². The van der Waals surface area contributed by atoms with Crippen LogP contribution in [-0.4, -0.2) is 34.3 Å². The molecule has 0 fully saturated rings. The molecule has 0 aliphatic heterocycles. The molecule has 0 atom stereocenters. The van der Waals surface area contributed by atoms with E-state index in [1.165, 1.54) is 23.5 Å². The molecule has 0 saturated heterocycles. The summed E-state index contributed by atoms with van der Waals surface area (Å²) in [7, 11) is -7.13. The number of thiophene rings is 1. The number of nitrogens with one attached hydrogen (secondary N) is 3. The average molecular weight is 418 g/mol. The summed E-state index contributed by atoms with van der Waals surface area (Å²) in [6.07, 6.45) is 0. The van der Waals surface area contributed by atoms with Crippen LogP contribution in [0.2, 0.25) is 0 Å². The van der Waals surface area contributed by atoms with Gasteiger partial charge in [0.05, 0.1) is 0 Å². The maximum Gasteiger partial charge on any atom is 0.295 e. The molecular weight excluding hydrogens is 404 g/mol. The summed E-state index contributed by atoms with van der Waals surface area (Å²) in [5, 5.41) is 8.90. The van der Waals surface area contributed by atoms with Crippen molar-refractivity contribution in [2.24, 2.45) is 5.73 Å². The minimum Gasteiger partial charge on any atom is -0.368 e. The molecule has 0 amide bonds. The van der Waals surface area contributed by atoms with Gasteiger partial charge in [-0.15, -0.1) is 15.6 Å². The van der Waals surface area contributed by atoms with E-state index >= 15 is 0 Å². The zero-order chi connectivity index (χ0) is 19.3. The number of guanidine groups is 1. The van der Waals surface area contributed by atoms with Crippen molar-refractivity contribution in [1.29, 1.82) is 5.41 Å². The third-order valence-corrected chi connectivity index (χ3v) is 5.28. The van der Waals surface area contributed by atoms with Gasteiger partial charge in [-0.1, -0.05) is 18.2 Å². The molecule has 2 aromatic rings. The van der Waals surface area contributed by atoms with Crippen molar-refractivity contribution >= 4 is 49.1 Å². The Bertz CT molecular complexity index is 1000.